The molecular formula is C10H7FN2OS. The molecule has 2 aromatic heterocycles. The summed E-state index contributed by atoms with van der Waals surface area (Å²) in [5.41, 5.74) is 1.17. The molecule has 0 bridgehead atoms. The van der Waals surface area contributed by atoms with E-state index in [-0.39, 0.29) is 11.6 Å². The average Bonchev–Trinajstić information content (AvgIpc) is 2.68. The SMILES string of the molecule is CC(=O)c1nc(-c2ccc(F)cn2)cs1. The number of hydrogen-bond donors (Lipinski definition) is 0. The molecule has 76 valence electrons. The van der Waals surface area contributed by atoms with E-state index in [0.717, 1.165) is 6.20 Å². The van der Waals surface area contributed by atoms with Gasteiger partial charge in [0.2, 0.25) is 0 Å². The minimum absolute atomic E-state index is 0.0756. The van der Waals surface area contributed by atoms with Gasteiger partial charge in [0, 0.05) is 12.3 Å². The molecule has 0 unspecified atom stereocenters. The minimum Gasteiger partial charge on any atom is -0.292 e. The standard InChI is InChI=1S/C10H7FN2OS/c1-6(14)10-13-9(5-15-10)8-3-2-7(11)4-12-8/h2-5H,1H3. The van der Waals surface area contributed by atoms with Crippen molar-refractivity contribution >= 4 is 17.1 Å². The lowest BCUT2D eigenvalue weighted by atomic mass is 10.3. The van der Waals surface area contributed by atoms with Crippen LogP contribution in [0.3, 0.4) is 0 Å². The van der Waals surface area contributed by atoms with E-state index in [1.807, 2.05) is 0 Å². The van der Waals surface area contributed by atoms with Crippen molar-refractivity contribution in [2.45, 2.75) is 6.92 Å². The molecule has 0 N–H and O–H groups in total. The number of nitrogens with zero attached hydrogens (tertiary/aromatic N) is 2. The van der Waals surface area contributed by atoms with Gasteiger partial charge in [-0.3, -0.25) is 9.78 Å². The van der Waals surface area contributed by atoms with Crippen molar-refractivity contribution in [3.05, 3.63) is 34.5 Å². The zero-order chi connectivity index (χ0) is 10.8. The number of rotatable bonds is 2. The van der Waals surface area contributed by atoms with Gasteiger partial charge in [-0.15, -0.1) is 11.3 Å². The van der Waals surface area contributed by atoms with E-state index in [4.69, 9.17) is 0 Å². The van der Waals surface area contributed by atoms with Gasteiger partial charge in [0.1, 0.15) is 11.5 Å². The molecule has 0 aliphatic carbocycles. The van der Waals surface area contributed by atoms with Gasteiger partial charge in [-0.05, 0) is 12.1 Å². The van der Waals surface area contributed by atoms with Gasteiger partial charge in [0.15, 0.2) is 10.8 Å². The summed E-state index contributed by atoms with van der Waals surface area (Å²) in [4.78, 5) is 19.0. The maximum absolute atomic E-state index is 12.6. The molecule has 2 aromatic rings. The first kappa shape index (κ1) is 9.92. The van der Waals surface area contributed by atoms with Crippen LogP contribution in [0.2, 0.25) is 0 Å². The number of carbonyl (C=O) groups excluding carboxylic acids is 1. The summed E-state index contributed by atoms with van der Waals surface area (Å²) in [5, 5.41) is 2.17. The maximum Gasteiger partial charge on any atom is 0.188 e. The summed E-state index contributed by atoms with van der Waals surface area (Å²) in [6.45, 7) is 1.46. The lowest BCUT2D eigenvalue weighted by molar-refractivity contribution is 0.101. The summed E-state index contributed by atoms with van der Waals surface area (Å²) >= 11 is 1.26. The van der Waals surface area contributed by atoms with Crippen LogP contribution in [0.5, 0.6) is 0 Å². The number of hydrogen-bond acceptors (Lipinski definition) is 4. The molecule has 15 heavy (non-hydrogen) atoms. The smallest absolute Gasteiger partial charge is 0.188 e. The summed E-state index contributed by atoms with van der Waals surface area (Å²) < 4.78 is 12.6. The van der Waals surface area contributed by atoms with Crippen LogP contribution >= 0.6 is 11.3 Å². The number of halogens is 1. The Morgan fingerprint density at radius 2 is 2.20 bits per heavy atom. The van der Waals surface area contributed by atoms with E-state index >= 15 is 0 Å². The summed E-state index contributed by atoms with van der Waals surface area (Å²) in [6.07, 6.45) is 1.13. The van der Waals surface area contributed by atoms with Crippen LogP contribution in [-0.4, -0.2) is 15.8 Å². The Morgan fingerprint density at radius 3 is 2.73 bits per heavy atom. The second-order valence-electron chi connectivity index (χ2n) is 2.96. The Kier molecular flexibility index (Phi) is 2.55. The van der Waals surface area contributed by atoms with Crippen LogP contribution < -0.4 is 0 Å². The number of Topliss-reactive ketones (excluding diaryl/α,β-unsaturated/α-hetero) is 1. The molecule has 2 heterocycles. The summed E-state index contributed by atoms with van der Waals surface area (Å²) in [5.74, 6) is -0.464. The van der Waals surface area contributed by atoms with Crippen molar-refractivity contribution in [3.8, 4) is 11.4 Å². The Labute approximate surface area is 89.6 Å². The molecule has 0 spiro atoms. The van der Waals surface area contributed by atoms with Gasteiger partial charge in [-0.1, -0.05) is 0 Å². The fourth-order valence-electron chi connectivity index (χ4n) is 1.08. The fraction of sp³-hybridized carbons (Fsp3) is 0.100. The van der Waals surface area contributed by atoms with Crippen molar-refractivity contribution in [2.75, 3.05) is 0 Å². The van der Waals surface area contributed by atoms with Crippen molar-refractivity contribution in [2.24, 2.45) is 0 Å². The monoisotopic (exact) mass is 222 g/mol. The largest absolute Gasteiger partial charge is 0.292 e. The van der Waals surface area contributed by atoms with Crippen LogP contribution in [0.15, 0.2) is 23.7 Å². The second-order valence-corrected chi connectivity index (χ2v) is 3.81. The van der Waals surface area contributed by atoms with Crippen LogP contribution in [0, 0.1) is 5.82 Å². The van der Waals surface area contributed by atoms with E-state index in [2.05, 4.69) is 9.97 Å². The highest BCUT2D eigenvalue weighted by Gasteiger charge is 2.08. The molecule has 0 saturated heterocycles. The first-order valence-electron chi connectivity index (χ1n) is 4.25. The average molecular weight is 222 g/mol. The molecule has 0 radical (unpaired) electrons. The molecular weight excluding hydrogens is 215 g/mol. The van der Waals surface area contributed by atoms with Gasteiger partial charge < -0.3 is 0 Å². The highest BCUT2D eigenvalue weighted by Crippen LogP contribution is 2.20. The van der Waals surface area contributed by atoms with Crippen LogP contribution in [-0.2, 0) is 0 Å². The molecule has 0 aromatic carbocycles. The molecule has 0 amide bonds. The van der Waals surface area contributed by atoms with Crippen LogP contribution in [0.1, 0.15) is 16.7 Å². The minimum atomic E-state index is -0.388. The van der Waals surface area contributed by atoms with E-state index in [1.54, 1.807) is 5.38 Å². The van der Waals surface area contributed by atoms with Crippen LogP contribution in [0.25, 0.3) is 11.4 Å². The Hall–Kier alpha value is -1.62. The van der Waals surface area contributed by atoms with Gasteiger partial charge in [0.25, 0.3) is 0 Å². The number of thiazole rings is 1. The van der Waals surface area contributed by atoms with E-state index in [1.165, 1.54) is 30.4 Å². The van der Waals surface area contributed by atoms with Crippen LogP contribution in [0.4, 0.5) is 4.39 Å². The third-order valence-electron chi connectivity index (χ3n) is 1.80. The second kappa shape index (κ2) is 3.86. The quantitative estimate of drug-likeness (QED) is 0.733. The van der Waals surface area contributed by atoms with Crippen molar-refractivity contribution in [1.29, 1.82) is 0 Å². The molecule has 2 rings (SSSR count). The zero-order valence-corrected chi connectivity index (χ0v) is 8.71. The lowest BCUT2D eigenvalue weighted by Crippen LogP contribution is -1.91. The molecule has 0 aliphatic heterocycles. The predicted molar refractivity (Wildman–Crippen MR) is 55.3 cm³/mol. The maximum atomic E-state index is 12.6. The van der Waals surface area contributed by atoms with E-state index in [9.17, 15) is 9.18 Å². The van der Waals surface area contributed by atoms with Crippen molar-refractivity contribution in [1.82, 2.24) is 9.97 Å². The lowest BCUT2D eigenvalue weighted by Gasteiger charge is -1.93. The Morgan fingerprint density at radius 1 is 1.40 bits per heavy atom. The molecule has 5 heteroatoms. The molecule has 3 nitrogen and oxygen atoms in total. The summed E-state index contributed by atoms with van der Waals surface area (Å²) in [6, 6.07) is 2.85. The topological polar surface area (TPSA) is 42.9 Å². The normalized spacial score (nSPS) is 10.3. The number of ketones is 1. The molecule has 0 aliphatic rings. The number of carbonyl (C=O) groups is 1. The van der Waals surface area contributed by atoms with E-state index < -0.39 is 0 Å². The summed E-state index contributed by atoms with van der Waals surface area (Å²) in [7, 11) is 0. The third-order valence-corrected chi connectivity index (χ3v) is 2.74. The van der Waals surface area contributed by atoms with Crippen molar-refractivity contribution in [3.63, 3.8) is 0 Å². The molecule has 0 saturated carbocycles. The highest BCUT2D eigenvalue weighted by atomic mass is 32.1. The third kappa shape index (κ3) is 2.07. The number of pyridine rings is 1. The highest BCUT2D eigenvalue weighted by molar-refractivity contribution is 7.12. The predicted octanol–water partition coefficient (Wildman–Crippen LogP) is 2.55. The Bertz CT molecular complexity index is 492. The van der Waals surface area contributed by atoms with Gasteiger partial charge in [-0.25, -0.2) is 9.37 Å². The number of aromatic nitrogens is 2. The van der Waals surface area contributed by atoms with Crippen molar-refractivity contribution < 1.29 is 9.18 Å². The van der Waals surface area contributed by atoms with Gasteiger partial charge >= 0.3 is 0 Å². The van der Waals surface area contributed by atoms with E-state index in [0.29, 0.717) is 16.4 Å². The molecule has 0 fully saturated rings. The van der Waals surface area contributed by atoms with Gasteiger partial charge in [0.05, 0.1) is 11.9 Å². The molecule has 0 atom stereocenters. The zero-order valence-electron chi connectivity index (χ0n) is 7.90. The Balaban J connectivity index is 2.37. The first-order valence-corrected chi connectivity index (χ1v) is 5.13. The first-order chi connectivity index (χ1) is 7.16. The van der Waals surface area contributed by atoms with Gasteiger partial charge in [-0.2, -0.15) is 0 Å². The fourth-order valence-corrected chi connectivity index (χ4v) is 1.79.